The molecule has 0 saturated carbocycles. The fourth-order valence-electron chi connectivity index (χ4n) is 2.80. The van der Waals surface area contributed by atoms with E-state index in [-0.39, 0.29) is 13.1 Å². The number of carbonyl (C=O) groups excluding carboxylic acids is 1. The monoisotopic (exact) mass is 342 g/mol. The zero-order valence-electron chi connectivity index (χ0n) is 13.8. The highest BCUT2D eigenvalue weighted by Crippen LogP contribution is 2.28. The van der Waals surface area contributed by atoms with Crippen LogP contribution >= 0.6 is 0 Å². The second-order valence-electron chi connectivity index (χ2n) is 5.45. The normalized spacial score (nSPS) is 16.3. The maximum atomic E-state index is 12.9. The standard InChI is InChI=1S/C15H22N2O5S/c1-11-9-13(21-3)10-12(2)14(11)23(19,20)17-7-5-16(6-8-17)15(18)22-4/h9-10H,5-8H2,1-4H3. The minimum absolute atomic E-state index is 0.252. The van der Waals surface area contributed by atoms with Gasteiger partial charge in [-0.25, -0.2) is 13.2 Å². The number of hydrogen-bond acceptors (Lipinski definition) is 5. The predicted octanol–water partition coefficient (Wildman–Crippen LogP) is 1.38. The van der Waals surface area contributed by atoms with E-state index < -0.39 is 16.1 Å². The first-order valence-corrected chi connectivity index (χ1v) is 8.73. The Morgan fingerprint density at radius 3 is 2.00 bits per heavy atom. The number of methoxy groups -OCH3 is 2. The lowest BCUT2D eigenvalue weighted by molar-refractivity contribution is 0.108. The summed E-state index contributed by atoms with van der Waals surface area (Å²) in [6.07, 6.45) is -0.432. The van der Waals surface area contributed by atoms with Crippen molar-refractivity contribution in [2.45, 2.75) is 18.7 Å². The number of nitrogens with zero attached hydrogens (tertiary/aromatic N) is 2. The number of ether oxygens (including phenoxy) is 2. The summed E-state index contributed by atoms with van der Waals surface area (Å²) in [6.45, 7) is 4.66. The molecular formula is C15H22N2O5S. The van der Waals surface area contributed by atoms with E-state index in [9.17, 15) is 13.2 Å². The average molecular weight is 342 g/mol. The Morgan fingerprint density at radius 1 is 1.04 bits per heavy atom. The van der Waals surface area contributed by atoms with Crippen LogP contribution in [0, 0.1) is 13.8 Å². The van der Waals surface area contributed by atoms with Crippen LogP contribution in [0.3, 0.4) is 0 Å². The molecule has 1 heterocycles. The zero-order chi connectivity index (χ0) is 17.2. The maximum absolute atomic E-state index is 12.9. The summed E-state index contributed by atoms with van der Waals surface area (Å²) < 4.78 is 37.1. The Kier molecular flexibility index (Phi) is 5.16. The third-order valence-electron chi connectivity index (χ3n) is 3.94. The van der Waals surface area contributed by atoms with Gasteiger partial charge < -0.3 is 14.4 Å². The molecule has 0 spiro atoms. The molecule has 2 rings (SSSR count). The molecule has 0 N–H and O–H groups in total. The van der Waals surface area contributed by atoms with E-state index in [1.165, 1.54) is 16.3 Å². The summed E-state index contributed by atoms with van der Waals surface area (Å²) in [5.41, 5.74) is 1.30. The molecule has 1 aliphatic rings. The lowest BCUT2D eigenvalue weighted by Crippen LogP contribution is -2.50. The van der Waals surface area contributed by atoms with Crippen molar-refractivity contribution in [3.63, 3.8) is 0 Å². The van der Waals surface area contributed by atoms with Gasteiger partial charge >= 0.3 is 6.09 Å². The summed E-state index contributed by atoms with van der Waals surface area (Å²) >= 11 is 0. The maximum Gasteiger partial charge on any atom is 0.409 e. The van der Waals surface area contributed by atoms with Gasteiger partial charge in [-0.3, -0.25) is 0 Å². The van der Waals surface area contributed by atoms with Gasteiger partial charge in [0.15, 0.2) is 0 Å². The van der Waals surface area contributed by atoms with E-state index in [4.69, 9.17) is 4.74 Å². The molecule has 1 amide bonds. The highest BCUT2D eigenvalue weighted by molar-refractivity contribution is 7.89. The van der Waals surface area contributed by atoms with Crippen molar-refractivity contribution in [2.24, 2.45) is 0 Å². The zero-order valence-corrected chi connectivity index (χ0v) is 14.6. The molecule has 0 atom stereocenters. The molecule has 1 aromatic carbocycles. The molecule has 0 aromatic heterocycles. The second-order valence-corrected chi connectivity index (χ2v) is 7.33. The minimum atomic E-state index is -3.61. The van der Waals surface area contributed by atoms with Gasteiger partial charge in [-0.2, -0.15) is 4.31 Å². The van der Waals surface area contributed by atoms with Gasteiger partial charge in [0.25, 0.3) is 0 Å². The molecule has 1 aromatic rings. The lowest BCUT2D eigenvalue weighted by Gasteiger charge is -2.33. The molecule has 23 heavy (non-hydrogen) atoms. The van der Waals surface area contributed by atoms with E-state index in [2.05, 4.69) is 4.74 Å². The quantitative estimate of drug-likeness (QED) is 0.829. The van der Waals surface area contributed by atoms with E-state index in [1.54, 1.807) is 33.1 Å². The third kappa shape index (κ3) is 3.42. The first-order chi connectivity index (χ1) is 10.8. The Hall–Kier alpha value is -1.80. The molecule has 1 saturated heterocycles. The van der Waals surface area contributed by atoms with Gasteiger partial charge in [0.05, 0.1) is 19.1 Å². The van der Waals surface area contributed by atoms with Crippen LogP contribution in [0.2, 0.25) is 0 Å². The molecule has 1 fully saturated rings. The summed E-state index contributed by atoms with van der Waals surface area (Å²) in [5, 5.41) is 0. The topological polar surface area (TPSA) is 76.2 Å². The average Bonchev–Trinajstić information content (AvgIpc) is 2.53. The van der Waals surface area contributed by atoms with E-state index in [0.29, 0.717) is 34.9 Å². The Bertz CT molecular complexity index is 671. The number of sulfonamides is 1. The van der Waals surface area contributed by atoms with Crippen LogP contribution in [-0.4, -0.2) is 64.1 Å². The van der Waals surface area contributed by atoms with Crippen LogP contribution in [0.1, 0.15) is 11.1 Å². The highest BCUT2D eigenvalue weighted by Gasteiger charge is 2.32. The van der Waals surface area contributed by atoms with E-state index in [1.807, 2.05) is 0 Å². The van der Waals surface area contributed by atoms with Gasteiger partial charge in [0, 0.05) is 26.2 Å². The van der Waals surface area contributed by atoms with Gasteiger partial charge in [0.1, 0.15) is 5.75 Å². The van der Waals surface area contributed by atoms with E-state index >= 15 is 0 Å². The number of aryl methyl sites for hydroxylation is 2. The van der Waals surface area contributed by atoms with Crippen molar-refractivity contribution < 1.29 is 22.7 Å². The largest absolute Gasteiger partial charge is 0.497 e. The molecule has 0 bridgehead atoms. The predicted molar refractivity (Wildman–Crippen MR) is 85.2 cm³/mol. The number of amides is 1. The SMILES string of the molecule is COC(=O)N1CCN(S(=O)(=O)c2c(C)cc(OC)cc2C)CC1. The molecule has 0 radical (unpaired) electrons. The van der Waals surface area contributed by atoms with Crippen LogP contribution in [0.15, 0.2) is 17.0 Å². The Balaban J connectivity index is 2.25. The Labute approximate surface area is 136 Å². The number of benzene rings is 1. The molecule has 7 nitrogen and oxygen atoms in total. The molecule has 0 aliphatic carbocycles. The Morgan fingerprint density at radius 2 is 1.57 bits per heavy atom. The van der Waals surface area contributed by atoms with Crippen LogP contribution in [-0.2, 0) is 14.8 Å². The van der Waals surface area contributed by atoms with Crippen molar-refractivity contribution in [3.8, 4) is 5.75 Å². The summed E-state index contributed by atoms with van der Waals surface area (Å²) in [7, 11) is -0.740. The van der Waals surface area contributed by atoms with Crippen molar-refractivity contribution in [3.05, 3.63) is 23.3 Å². The van der Waals surface area contributed by atoms with Crippen molar-refractivity contribution >= 4 is 16.1 Å². The highest BCUT2D eigenvalue weighted by atomic mass is 32.2. The second kappa shape index (κ2) is 6.76. The van der Waals surface area contributed by atoms with Gasteiger partial charge in [-0.15, -0.1) is 0 Å². The number of piperazine rings is 1. The molecule has 0 unspecified atom stereocenters. The van der Waals surface area contributed by atoms with Crippen molar-refractivity contribution in [1.82, 2.24) is 9.21 Å². The third-order valence-corrected chi connectivity index (χ3v) is 6.14. The first-order valence-electron chi connectivity index (χ1n) is 7.29. The molecule has 8 heteroatoms. The summed E-state index contributed by atoms with van der Waals surface area (Å²) in [6, 6.07) is 3.43. The first kappa shape index (κ1) is 17.6. The van der Waals surface area contributed by atoms with Crippen molar-refractivity contribution in [1.29, 1.82) is 0 Å². The number of carbonyl (C=O) groups is 1. The number of hydrogen-bond donors (Lipinski definition) is 0. The fourth-order valence-corrected chi connectivity index (χ4v) is 4.64. The van der Waals surface area contributed by atoms with Crippen molar-refractivity contribution in [2.75, 3.05) is 40.4 Å². The molecule has 1 aliphatic heterocycles. The number of rotatable bonds is 3. The van der Waals surface area contributed by atoms with Gasteiger partial charge in [-0.05, 0) is 37.1 Å². The van der Waals surface area contributed by atoms with E-state index in [0.717, 1.165) is 0 Å². The minimum Gasteiger partial charge on any atom is -0.497 e. The summed E-state index contributed by atoms with van der Waals surface area (Å²) in [5.74, 6) is 0.634. The summed E-state index contributed by atoms with van der Waals surface area (Å²) in [4.78, 5) is 13.3. The van der Waals surface area contributed by atoms with Crippen LogP contribution < -0.4 is 4.74 Å². The van der Waals surface area contributed by atoms with Crippen LogP contribution in [0.5, 0.6) is 5.75 Å². The van der Waals surface area contributed by atoms with Crippen LogP contribution in [0.4, 0.5) is 4.79 Å². The van der Waals surface area contributed by atoms with Gasteiger partial charge in [0.2, 0.25) is 10.0 Å². The fraction of sp³-hybridized carbons (Fsp3) is 0.533. The van der Waals surface area contributed by atoms with Crippen LogP contribution in [0.25, 0.3) is 0 Å². The van der Waals surface area contributed by atoms with Gasteiger partial charge in [-0.1, -0.05) is 0 Å². The molecular weight excluding hydrogens is 320 g/mol. The lowest BCUT2D eigenvalue weighted by atomic mass is 10.1. The smallest absolute Gasteiger partial charge is 0.409 e. The molecule has 128 valence electrons.